The number of anilines is 1. The summed E-state index contributed by atoms with van der Waals surface area (Å²) in [5.74, 6) is -5.52. The predicted molar refractivity (Wildman–Crippen MR) is 82.8 cm³/mol. The van der Waals surface area contributed by atoms with Crippen LogP contribution in [0.15, 0.2) is 23.0 Å². The van der Waals surface area contributed by atoms with Gasteiger partial charge >= 0.3 is 17.9 Å². The Morgan fingerprint density at radius 2 is 1.54 bits per heavy atom. The number of carbonyl (C=O) groups is 3. The number of pyridine rings is 1. The van der Waals surface area contributed by atoms with Gasteiger partial charge in [0.2, 0.25) is 0 Å². The average molecular weight is 353 g/mol. The molecule has 124 valence electrons. The first kappa shape index (κ1) is 17.0. The number of hydrogen-bond donors (Lipinski definition) is 5. The first-order chi connectivity index (χ1) is 11.2. The van der Waals surface area contributed by atoms with Crippen molar-refractivity contribution in [1.82, 2.24) is 4.98 Å². The normalized spacial score (nSPS) is 10.4. The van der Waals surface area contributed by atoms with Crippen molar-refractivity contribution in [3.63, 3.8) is 0 Å². The van der Waals surface area contributed by atoms with Crippen LogP contribution in [0.2, 0.25) is 5.02 Å². The summed E-state index contributed by atoms with van der Waals surface area (Å²) in [4.78, 5) is 48.2. The molecule has 0 aliphatic carbocycles. The summed E-state index contributed by atoms with van der Waals surface area (Å²) in [5.41, 5.74) is 1.01. The van der Waals surface area contributed by atoms with Gasteiger partial charge in [-0.15, -0.1) is 0 Å². The van der Waals surface area contributed by atoms with Crippen LogP contribution in [0.3, 0.4) is 0 Å². The quantitative estimate of drug-likeness (QED) is 0.549. The SMILES string of the molecule is Nc1[nH]c(=O)c(C(=O)O)c(-c2c(Cl)cccc2C(=O)O)c1C(=O)O. The number of aromatic carboxylic acids is 3. The van der Waals surface area contributed by atoms with E-state index in [9.17, 15) is 34.5 Å². The maximum absolute atomic E-state index is 11.9. The summed E-state index contributed by atoms with van der Waals surface area (Å²) in [7, 11) is 0. The van der Waals surface area contributed by atoms with Crippen molar-refractivity contribution in [3.8, 4) is 11.1 Å². The van der Waals surface area contributed by atoms with Gasteiger partial charge in [-0.25, -0.2) is 14.4 Å². The van der Waals surface area contributed by atoms with Gasteiger partial charge in [-0.3, -0.25) is 4.79 Å². The van der Waals surface area contributed by atoms with Crippen LogP contribution in [0.4, 0.5) is 5.82 Å². The topological polar surface area (TPSA) is 171 Å². The van der Waals surface area contributed by atoms with E-state index in [0.717, 1.165) is 6.07 Å². The van der Waals surface area contributed by atoms with Crippen molar-refractivity contribution in [1.29, 1.82) is 0 Å². The van der Waals surface area contributed by atoms with Gasteiger partial charge in [0.1, 0.15) is 16.9 Å². The van der Waals surface area contributed by atoms with E-state index < -0.39 is 57.1 Å². The van der Waals surface area contributed by atoms with Crippen LogP contribution in [0.1, 0.15) is 31.1 Å². The Morgan fingerprint density at radius 3 is 2.04 bits per heavy atom. The molecule has 1 heterocycles. The van der Waals surface area contributed by atoms with E-state index in [2.05, 4.69) is 0 Å². The smallest absolute Gasteiger partial charge is 0.342 e. The summed E-state index contributed by atoms with van der Waals surface area (Å²) in [6.45, 7) is 0. The highest BCUT2D eigenvalue weighted by molar-refractivity contribution is 6.35. The van der Waals surface area contributed by atoms with Gasteiger partial charge in [-0.2, -0.15) is 0 Å². The molecule has 0 bridgehead atoms. The molecule has 9 nitrogen and oxygen atoms in total. The molecule has 0 atom stereocenters. The standard InChI is InChI=1S/C14H9ClN2O7/c15-5-3-1-2-4(12(19)20)6(5)7-8(13(21)22)10(16)17-11(18)9(7)14(23)24/h1-3H,(H,19,20)(H,21,22)(H,23,24)(H3,16,17,18). The van der Waals surface area contributed by atoms with Crippen molar-refractivity contribution in [3.05, 3.63) is 50.3 Å². The number of carboxylic acid groups (broad SMARTS) is 3. The molecule has 0 saturated carbocycles. The van der Waals surface area contributed by atoms with Gasteiger partial charge in [0, 0.05) is 16.1 Å². The number of carboxylic acids is 3. The van der Waals surface area contributed by atoms with Crippen LogP contribution in [0.25, 0.3) is 11.1 Å². The maximum Gasteiger partial charge on any atom is 0.342 e. The summed E-state index contributed by atoms with van der Waals surface area (Å²) in [6, 6.07) is 3.61. The van der Waals surface area contributed by atoms with Gasteiger partial charge < -0.3 is 26.0 Å². The Labute approximate surface area is 137 Å². The molecule has 0 amide bonds. The number of benzene rings is 1. The van der Waals surface area contributed by atoms with Gasteiger partial charge in [-0.05, 0) is 12.1 Å². The molecule has 0 unspecified atom stereocenters. The summed E-state index contributed by atoms with van der Waals surface area (Å²) >= 11 is 5.96. The number of nitrogens with one attached hydrogen (secondary N) is 1. The fraction of sp³-hybridized carbons (Fsp3) is 0. The Hall–Kier alpha value is -3.33. The predicted octanol–water partition coefficient (Wildman–Crippen LogP) is 1.37. The third-order valence-corrected chi connectivity index (χ3v) is 3.48. The molecule has 6 N–H and O–H groups in total. The molecule has 1 aromatic heterocycles. The number of nitrogens with two attached hydrogens (primary N) is 1. The molecular weight excluding hydrogens is 344 g/mol. The lowest BCUT2D eigenvalue weighted by Gasteiger charge is -2.15. The van der Waals surface area contributed by atoms with E-state index in [1.54, 1.807) is 0 Å². The molecule has 10 heteroatoms. The lowest BCUT2D eigenvalue weighted by Crippen LogP contribution is -2.24. The number of halogens is 1. The Bertz CT molecular complexity index is 949. The molecule has 1 aromatic carbocycles. The molecule has 24 heavy (non-hydrogen) atoms. The van der Waals surface area contributed by atoms with E-state index >= 15 is 0 Å². The zero-order valence-corrected chi connectivity index (χ0v) is 12.4. The molecule has 0 aliphatic heterocycles. The third-order valence-electron chi connectivity index (χ3n) is 3.17. The van der Waals surface area contributed by atoms with Crippen LogP contribution >= 0.6 is 11.6 Å². The number of aromatic amines is 1. The lowest BCUT2D eigenvalue weighted by atomic mass is 9.92. The van der Waals surface area contributed by atoms with Crippen LogP contribution in [0, 0.1) is 0 Å². The zero-order valence-electron chi connectivity index (χ0n) is 11.7. The molecule has 0 aliphatic rings. The van der Waals surface area contributed by atoms with Gasteiger partial charge in [-0.1, -0.05) is 17.7 Å². The fourth-order valence-electron chi connectivity index (χ4n) is 2.25. The molecule has 2 aromatic rings. The second kappa shape index (κ2) is 6.05. The fourth-order valence-corrected chi connectivity index (χ4v) is 2.52. The van der Waals surface area contributed by atoms with Crippen molar-refractivity contribution < 1.29 is 29.7 Å². The first-order valence-corrected chi connectivity index (χ1v) is 6.59. The highest BCUT2D eigenvalue weighted by Gasteiger charge is 2.30. The lowest BCUT2D eigenvalue weighted by molar-refractivity contribution is 0.0679. The number of nitrogen functional groups attached to an aromatic ring is 1. The van der Waals surface area contributed by atoms with Crippen molar-refractivity contribution >= 4 is 35.3 Å². The molecule has 0 fully saturated rings. The Morgan fingerprint density at radius 1 is 0.958 bits per heavy atom. The van der Waals surface area contributed by atoms with Crippen LogP contribution < -0.4 is 11.3 Å². The zero-order chi connectivity index (χ0) is 18.2. The van der Waals surface area contributed by atoms with Gasteiger partial charge in [0.05, 0.1) is 5.56 Å². The molecule has 0 saturated heterocycles. The minimum Gasteiger partial charge on any atom is -0.478 e. The van der Waals surface area contributed by atoms with E-state index in [-0.39, 0.29) is 5.02 Å². The van der Waals surface area contributed by atoms with E-state index in [4.69, 9.17) is 17.3 Å². The first-order valence-electron chi connectivity index (χ1n) is 6.21. The largest absolute Gasteiger partial charge is 0.478 e. The highest BCUT2D eigenvalue weighted by Crippen LogP contribution is 2.36. The van der Waals surface area contributed by atoms with Crippen molar-refractivity contribution in [2.75, 3.05) is 5.73 Å². The van der Waals surface area contributed by atoms with E-state index in [1.165, 1.54) is 12.1 Å². The van der Waals surface area contributed by atoms with Gasteiger partial charge in [0.15, 0.2) is 0 Å². The van der Waals surface area contributed by atoms with Crippen molar-refractivity contribution in [2.24, 2.45) is 0 Å². The molecule has 2 rings (SSSR count). The number of hydrogen-bond acceptors (Lipinski definition) is 5. The van der Waals surface area contributed by atoms with Gasteiger partial charge in [0.25, 0.3) is 5.56 Å². The number of rotatable bonds is 4. The highest BCUT2D eigenvalue weighted by atomic mass is 35.5. The van der Waals surface area contributed by atoms with E-state index in [0.29, 0.717) is 0 Å². The second-order valence-electron chi connectivity index (χ2n) is 4.57. The number of H-pyrrole nitrogens is 1. The average Bonchev–Trinajstić information content (AvgIpc) is 2.44. The van der Waals surface area contributed by atoms with Crippen LogP contribution in [-0.2, 0) is 0 Å². The summed E-state index contributed by atoms with van der Waals surface area (Å²) in [6.07, 6.45) is 0. The molecular formula is C14H9ClN2O7. The molecule has 0 spiro atoms. The van der Waals surface area contributed by atoms with E-state index in [1.807, 2.05) is 4.98 Å². The number of aromatic nitrogens is 1. The van der Waals surface area contributed by atoms with Crippen LogP contribution in [0.5, 0.6) is 0 Å². The minimum atomic E-state index is -1.76. The summed E-state index contributed by atoms with van der Waals surface area (Å²) in [5, 5.41) is 27.7. The monoisotopic (exact) mass is 352 g/mol. The van der Waals surface area contributed by atoms with Crippen LogP contribution in [-0.4, -0.2) is 38.2 Å². The Balaban J connectivity index is 3.15. The van der Waals surface area contributed by atoms with Crippen molar-refractivity contribution in [2.45, 2.75) is 0 Å². The third kappa shape index (κ3) is 2.68. The summed E-state index contributed by atoms with van der Waals surface area (Å²) < 4.78 is 0. The second-order valence-corrected chi connectivity index (χ2v) is 4.98. The molecule has 0 radical (unpaired) electrons. The Kier molecular flexibility index (Phi) is 4.29. The maximum atomic E-state index is 11.9. The minimum absolute atomic E-state index is 0.245.